The summed E-state index contributed by atoms with van der Waals surface area (Å²) in [7, 11) is 0. The van der Waals surface area contributed by atoms with Gasteiger partial charge in [0.15, 0.2) is 0 Å². The number of para-hydroxylation sites is 1. The fraction of sp³-hybridized carbons (Fsp3) is 0.400. The molecular weight excluding hydrogens is 250 g/mol. The molecule has 0 aliphatic heterocycles. The molecule has 1 aliphatic carbocycles. The van der Waals surface area contributed by atoms with Crippen molar-refractivity contribution < 1.29 is 0 Å². The molecule has 0 atom stereocenters. The van der Waals surface area contributed by atoms with E-state index in [1.807, 2.05) is 32.0 Å². The first-order valence-corrected chi connectivity index (χ1v) is 6.93. The minimum absolute atomic E-state index is 0.513. The van der Waals surface area contributed by atoms with Crippen LogP contribution in [0.25, 0.3) is 0 Å². The average Bonchev–Trinajstić information content (AvgIpc) is 3.26. The van der Waals surface area contributed by atoms with Gasteiger partial charge in [0.25, 0.3) is 0 Å². The van der Waals surface area contributed by atoms with E-state index in [9.17, 15) is 0 Å². The zero-order valence-corrected chi connectivity index (χ0v) is 11.9. The number of nitrogens with zero attached hydrogens (tertiary/aromatic N) is 4. The van der Waals surface area contributed by atoms with Gasteiger partial charge >= 0.3 is 0 Å². The highest BCUT2D eigenvalue weighted by Gasteiger charge is 2.31. The summed E-state index contributed by atoms with van der Waals surface area (Å²) in [5.41, 5.74) is 9.78. The molecule has 0 saturated heterocycles. The molecule has 0 radical (unpaired) electrons. The lowest BCUT2D eigenvalue weighted by atomic mass is 10.1. The predicted octanol–water partition coefficient (Wildman–Crippen LogP) is 2.24. The lowest BCUT2D eigenvalue weighted by Gasteiger charge is -2.23. The van der Waals surface area contributed by atoms with Gasteiger partial charge in [0.2, 0.25) is 5.95 Å². The molecule has 2 aromatic rings. The van der Waals surface area contributed by atoms with E-state index < -0.39 is 0 Å². The molecule has 0 spiro atoms. The third kappa shape index (κ3) is 2.57. The second-order valence-corrected chi connectivity index (χ2v) is 5.34. The summed E-state index contributed by atoms with van der Waals surface area (Å²) in [4.78, 5) is 6.79. The standard InChI is InChI=1S/C15H19N5/c1-10-11(2)18-19-15(17-10)20(13-7-8-13)9-12-5-3-4-6-14(12)16/h3-6,13H,7-9,16H2,1-2H3. The van der Waals surface area contributed by atoms with Crippen molar-refractivity contribution in [3.8, 4) is 0 Å². The predicted molar refractivity (Wildman–Crippen MR) is 79.4 cm³/mol. The highest BCUT2D eigenvalue weighted by atomic mass is 15.3. The topological polar surface area (TPSA) is 67.9 Å². The second-order valence-electron chi connectivity index (χ2n) is 5.34. The van der Waals surface area contributed by atoms with Gasteiger partial charge in [0, 0.05) is 18.3 Å². The number of anilines is 2. The van der Waals surface area contributed by atoms with Gasteiger partial charge in [-0.15, -0.1) is 5.10 Å². The van der Waals surface area contributed by atoms with E-state index in [-0.39, 0.29) is 0 Å². The van der Waals surface area contributed by atoms with Crippen molar-refractivity contribution in [2.24, 2.45) is 0 Å². The first-order valence-electron chi connectivity index (χ1n) is 6.93. The van der Waals surface area contributed by atoms with Gasteiger partial charge in [-0.05, 0) is 38.3 Å². The fourth-order valence-electron chi connectivity index (χ4n) is 2.18. The first-order chi connectivity index (χ1) is 9.65. The van der Waals surface area contributed by atoms with Crippen LogP contribution in [0.4, 0.5) is 11.6 Å². The third-order valence-corrected chi connectivity index (χ3v) is 3.72. The molecule has 0 unspecified atom stereocenters. The molecule has 0 amide bonds. The van der Waals surface area contributed by atoms with Crippen LogP contribution in [-0.2, 0) is 6.54 Å². The Morgan fingerprint density at radius 2 is 1.90 bits per heavy atom. The molecule has 2 N–H and O–H groups in total. The van der Waals surface area contributed by atoms with Gasteiger partial charge in [0.05, 0.1) is 11.4 Å². The summed E-state index contributed by atoms with van der Waals surface area (Å²) in [6.07, 6.45) is 2.37. The Morgan fingerprint density at radius 1 is 1.15 bits per heavy atom. The minimum Gasteiger partial charge on any atom is -0.398 e. The molecule has 104 valence electrons. The lowest BCUT2D eigenvalue weighted by molar-refractivity contribution is 0.730. The molecule has 20 heavy (non-hydrogen) atoms. The summed E-state index contributed by atoms with van der Waals surface area (Å²) in [5, 5.41) is 8.44. The number of aryl methyl sites for hydroxylation is 2. The molecule has 1 saturated carbocycles. The Balaban J connectivity index is 1.89. The highest BCUT2D eigenvalue weighted by molar-refractivity contribution is 5.49. The maximum atomic E-state index is 6.04. The van der Waals surface area contributed by atoms with Crippen LogP contribution < -0.4 is 10.6 Å². The summed E-state index contributed by atoms with van der Waals surface area (Å²) in [6, 6.07) is 8.46. The average molecular weight is 269 g/mol. The van der Waals surface area contributed by atoms with E-state index in [0.717, 1.165) is 29.2 Å². The van der Waals surface area contributed by atoms with E-state index in [2.05, 4.69) is 26.1 Å². The van der Waals surface area contributed by atoms with Gasteiger partial charge in [-0.3, -0.25) is 0 Å². The number of nitrogens with two attached hydrogens (primary N) is 1. The number of hydrogen-bond donors (Lipinski definition) is 1. The van der Waals surface area contributed by atoms with Gasteiger partial charge < -0.3 is 10.6 Å². The SMILES string of the molecule is Cc1nnc(N(Cc2ccccc2N)C2CC2)nc1C. The number of aromatic nitrogens is 3. The summed E-state index contributed by atoms with van der Waals surface area (Å²) in [6.45, 7) is 4.63. The van der Waals surface area contributed by atoms with Crippen LogP contribution in [0.3, 0.4) is 0 Å². The van der Waals surface area contributed by atoms with Crippen molar-refractivity contribution in [3.63, 3.8) is 0 Å². The van der Waals surface area contributed by atoms with Crippen LogP contribution in [0.2, 0.25) is 0 Å². The molecule has 5 heteroatoms. The second kappa shape index (κ2) is 5.07. The Kier molecular flexibility index (Phi) is 3.26. The Labute approximate surface area is 118 Å². The monoisotopic (exact) mass is 269 g/mol. The smallest absolute Gasteiger partial charge is 0.246 e. The molecular formula is C15H19N5. The third-order valence-electron chi connectivity index (χ3n) is 3.72. The van der Waals surface area contributed by atoms with Gasteiger partial charge in [-0.25, -0.2) is 4.98 Å². The maximum absolute atomic E-state index is 6.04. The van der Waals surface area contributed by atoms with E-state index in [1.54, 1.807) is 0 Å². The van der Waals surface area contributed by atoms with Crippen LogP contribution in [0.1, 0.15) is 29.8 Å². The molecule has 1 aromatic carbocycles. The van der Waals surface area contributed by atoms with Crippen LogP contribution in [0.5, 0.6) is 0 Å². The maximum Gasteiger partial charge on any atom is 0.246 e. The molecule has 1 heterocycles. The Hall–Kier alpha value is -2.17. The highest BCUT2D eigenvalue weighted by Crippen LogP contribution is 2.31. The summed E-state index contributed by atoms with van der Waals surface area (Å²) >= 11 is 0. The normalized spacial score (nSPS) is 14.3. The Morgan fingerprint density at radius 3 is 2.55 bits per heavy atom. The largest absolute Gasteiger partial charge is 0.398 e. The Bertz CT molecular complexity index is 621. The first kappa shape index (κ1) is 12.8. The summed E-state index contributed by atoms with van der Waals surface area (Å²) < 4.78 is 0. The molecule has 0 bridgehead atoms. The van der Waals surface area contributed by atoms with Crippen molar-refractivity contribution in [3.05, 3.63) is 41.2 Å². The molecule has 1 fully saturated rings. The zero-order valence-electron chi connectivity index (χ0n) is 11.9. The van der Waals surface area contributed by atoms with E-state index in [1.165, 1.54) is 12.8 Å². The van der Waals surface area contributed by atoms with Crippen molar-refractivity contribution >= 4 is 11.6 Å². The number of benzene rings is 1. The molecule has 5 nitrogen and oxygen atoms in total. The van der Waals surface area contributed by atoms with Crippen molar-refractivity contribution in [1.82, 2.24) is 15.2 Å². The quantitative estimate of drug-likeness (QED) is 0.862. The summed E-state index contributed by atoms with van der Waals surface area (Å²) in [5.74, 6) is 0.707. The molecule has 1 aliphatic rings. The molecule has 3 rings (SSSR count). The zero-order chi connectivity index (χ0) is 14.1. The van der Waals surface area contributed by atoms with Crippen LogP contribution in [0.15, 0.2) is 24.3 Å². The van der Waals surface area contributed by atoms with Gasteiger partial charge in [-0.1, -0.05) is 18.2 Å². The number of nitrogen functional groups attached to an aromatic ring is 1. The van der Waals surface area contributed by atoms with Crippen molar-refractivity contribution in [2.75, 3.05) is 10.6 Å². The van der Waals surface area contributed by atoms with Crippen molar-refractivity contribution in [2.45, 2.75) is 39.3 Å². The van der Waals surface area contributed by atoms with Crippen LogP contribution in [0, 0.1) is 13.8 Å². The number of rotatable bonds is 4. The fourth-order valence-corrected chi connectivity index (χ4v) is 2.18. The van der Waals surface area contributed by atoms with Crippen LogP contribution in [-0.4, -0.2) is 21.2 Å². The minimum atomic E-state index is 0.513. The van der Waals surface area contributed by atoms with E-state index >= 15 is 0 Å². The van der Waals surface area contributed by atoms with E-state index in [0.29, 0.717) is 12.0 Å². The molecule has 1 aromatic heterocycles. The van der Waals surface area contributed by atoms with Gasteiger partial charge in [0.1, 0.15) is 0 Å². The van der Waals surface area contributed by atoms with Gasteiger partial charge in [-0.2, -0.15) is 5.10 Å². The lowest BCUT2D eigenvalue weighted by Crippen LogP contribution is -2.28. The van der Waals surface area contributed by atoms with E-state index in [4.69, 9.17) is 5.73 Å². The number of hydrogen-bond acceptors (Lipinski definition) is 5. The van der Waals surface area contributed by atoms with Crippen LogP contribution >= 0.6 is 0 Å². The van der Waals surface area contributed by atoms with Crippen molar-refractivity contribution in [1.29, 1.82) is 0 Å².